The van der Waals surface area contributed by atoms with E-state index in [9.17, 15) is 14.0 Å². The molecule has 5 nitrogen and oxygen atoms in total. The van der Waals surface area contributed by atoms with Gasteiger partial charge in [0.25, 0.3) is 5.91 Å². The quantitative estimate of drug-likeness (QED) is 0.924. The number of halogens is 1. The molecule has 3 rings (SSSR count). The van der Waals surface area contributed by atoms with Gasteiger partial charge in [-0.3, -0.25) is 9.59 Å². The molecule has 0 aliphatic carbocycles. The summed E-state index contributed by atoms with van der Waals surface area (Å²) in [6.07, 6.45) is 1.62. The zero-order valence-electron chi connectivity index (χ0n) is 14.4. The predicted octanol–water partition coefficient (Wildman–Crippen LogP) is 3.50. The molecule has 0 bridgehead atoms. The van der Waals surface area contributed by atoms with Crippen LogP contribution in [0.15, 0.2) is 28.9 Å². The number of furan rings is 1. The Morgan fingerprint density at radius 2 is 2.08 bits per heavy atom. The molecule has 2 aromatic rings. The van der Waals surface area contributed by atoms with Gasteiger partial charge in [0.1, 0.15) is 18.0 Å². The molecule has 0 saturated heterocycles. The molecule has 1 amide bonds. The van der Waals surface area contributed by atoms with Crippen LogP contribution in [-0.2, 0) is 17.6 Å². The SMILES string of the molecule is Cc1coc(CC(=O)O)c1C(=O)N1C(C)Cc2cc(F)ccc2C1C. The molecule has 1 N–H and O–H groups in total. The lowest BCUT2D eigenvalue weighted by Gasteiger charge is -2.40. The van der Waals surface area contributed by atoms with E-state index >= 15 is 0 Å². The summed E-state index contributed by atoms with van der Waals surface area (Å²) in [6, 6.07) is 4.25. The molecule has 25 heavy (non-hydrogen) atoms. The molecule has 2 atom stereocenters. The maximum absolute atomic E-state index is 13.5. The molecule has 1 aliphatic rings. The summed E-state index contributed by atoms with van der Waals surface area (Å²) in [6.45, 7) is 5.54. The molecule has 0 spiro atoms. The normalized spacial score (nSPS) is 19.6. The molecular formula is C19H20FNO4. The van der Waals surface area contributed by atoms with Crippen LogP contribution >= 0.6 is 0 Å². The number of carboxylic acids is 1. The molecule has 0 radical (unpaired) electrons. The Morgan fingerprint density at radius 3 is 2.76 bits per heavy atom. The second kappa shape index (κ2) is 6.35. The highest BCUT2D eigenvalue weighted by molar-refractivity contribution is 5.98. The lowest BCUT2D eigenvalue weighted by Crippen LogP contribution is -2.45. The largest absolute Gasteiger partial charge is 0.481 e. The zero-order valence-corrected chi connectivity index (χ0v) is 14.4. The van der Waals surface area contributed by atoms with Crippen LogP contribution in [0.4, 0.5) is 4.39 Å². The van der Waals surface area contributed by atoms with Crippen molar-refractivity contribution in [3.8, 4) is 0 Å². The first-order valence-electron chi connectivity index (χ1n) is 8.19. The minimum atomic E-state index is -1.05. The van der Waals surface area contributed by atoms with Gasteiger partial charge in [-0.15, -0.1) is 0 Å². The van der Waals surface area contributed by atoms with Gasteiger partial charge in [0.15, 0.2) is 0 Å². The van der Waals surface area contributed by atoms with Crippen molar-refractivity contribution in [2.75, 3.05) is 0 Å². The van der Waals surface area contributed by atoms with Crippen LogP contribution in [-0.4, -0.2) is 27.9 Å². The Labute approximate surface area is 145 Å². The zero-order chi connectivity index (χ0) is 18.3. The summed E-state index contributed by atoms with van der Waals surface area (Å²) >= 11 is 0. The Balaban J connectivity index is 1.99. The number of aryl methyl sites for hydroxylation is 1. The van der Waals surface area contributed by atoms with E-state index in [-0.39, 0.29) is 36.0 Å². The minimum Gasteiger partial charge on any atom is -0.481 e. The summed E-state index contributed by atoms with van der Waals surface area (Å²) in [5.41, 5.74) is 2.74. The van der Waals surface area contributed by atoms with E-state index in [1.807, 2.05) is 13.8 Å². The maximum atomic E-state index is 13.5. The molecule has 0 saturated carbocycles. The van der Waals surface area contributed by atoms with Gasteiger partial charge in [0.2, 0.25) is 0 Å². The monoisotopic (exact) mass is 345 g/mol. The first-order valence-corrected chi connectivity index (χ1v) is 8.19. The number of carboxylic acid groups (broad SMARTS) is 1. The van der Waals surface area contributed by atoms with Gasteiger partial charge in [0.05, 0.1) is 17.9 Å². The number of hydrogen-bond acceptors (Lipinski definition) is 3. The molecular weight excluding hydrogens is 325 g/mol. The van der Waals surface area contributed by atoms with Gasteiger partial charge >= 0.3 is 5.97 Å². The first-order chi connectivity index (χ1) is 11.8. The fourth-order valence-corrected chi connectivity index (χ4v) is 3.66. The highest BCUT2D eigenvalue weighted by Crippen LogP contribution is 2.35. The minimum absolute atomic E-state index is 0.135. The van der Waals surface area contributed by atoms with Crippen LogP contribution < -0.4 is 0 Å². The lowest BCUT2D eigenvalue weighted by molar-refractivity contribution is -0.136. The van der Waals surface area contributed by atoms with E-state index in [1.54, 1.807) is 17.9 Å². The highest BCUT2D eigenvalue weighted by atomic mass is 19.1. The third-order valence-corrected chi connectivity index (χ3v) is 4.77. The number of nitrogens with zero attached hydrogens (tertiary/aromatic N) is 1. The van der Waals surface area contributed by atoms with Crippen molar-refractivity contribution in [3.63, 3.8) is 0 Å². The average Bonchev–Trinajstić information content (AvgIpc) is 2.86. The molecule has 0 fully saturated rings. The fraction of sp³-hybridized carbons (Fsp3) is 0.368. The number of fused-ring (bicyclic) bond motifs is 1. The molecule has 132 valence electrons. The summed E-state index contributed by atoms with van der Waals surface area (Å²) in [5, 5.41) is 9.03. The van der Waals surface area contributed by atoms with Crippen molar-refractivity contribution in [1.29, 1.82) is 0 Å². The van der Waals surface area contributed by atoms with Crippen molar-refractivity contribution in [3.05, 3.63) is 58.3 Å². The fourth-order valence-electron chi connectivity index (χ4n) is 3.66. The smallest absolute Gasteiger partial charge is 0.311 e. The van der Waals surface area contributed by atoms with Crippen LogP contribution in [0.25, 0.3) is 0 Å². The predicted molar refractivity (Wildman–Crippen MR) is 88.9 cm³/mol. The second-order valence-corrected chi connectivity index (χ2v) is 6.57. The second-order valence-electron chi connectivity index (χ2n) is 6.57. The number of carbonyl (C=O) groups excluding carboxylic acids is 1. The number of carbonyl (C=O) groups is 2. The van der Waals surface area contributed by atoms with Crippen LogP contribution in [0.5, 0.6) is 0 Å². The van der Waals surface area contributed by atoms with E-state index in [1.165, 1.54) is 18.4 Å². The van der Waals surface area contributed by atoms with Crippen LogP contribution in [0.1, 0.15) is 52.7 Å². The summed E-state index contributed by atoms with van der Waals surface area (Å²) < 4.78 is 18.8. The number of hydrogen-bond donors (Lipinski definition) is 1. The number of benzene rings is 1. The van der Waals surface area contributed by atoms with Crippen LogP contribution in [0.3, 0.4) is 0 Å². The summed E-state index contributed by atoms with van der Waals surface area (Å²) in [7, 11) is 0. The first kappa shape index (κ1) is 17.2. The lowest BCUT2D eigenvalue weighted by atomic mass is 9.88. The molecule has 1 aromatic carbocycles. The third-order valence-electron chi connectivity index (χ3n) is 4.77. The third kappa shape index (κ3) is 3.04. The van der Waals surface area contributed by atoms with Gasteiger partial charge in [-0.05, 0) is 50.5 Å². The molecule has 2 heterocycles. The number of amides is 1. The Bertz CT molecular complexity index is 842. The summed E-state index contributed by atoms with van der Waals surface area (Å²) in [5.74, 6) is -1.42. The molecule has 6 heteroatoms. The number of rotatable bonds is 3. The van der Waals surface area contributed by atoms with E-state index in [0.29, 0.717) is 17.5 Å². The highest BCUT2D eigenvalue weighted by Gasteiger charge is 2.35. The topological polar surface area (TPSA) is 70.7 Å². The van der Waals surface area contributed by atoms with Crippen molar-refractivity contribution in [1.82, 2.24) is 4.90 Å². The standard InChI is InChI=1S/C19H20FNO4/c1-10-9-25-16(8-17(22)23)18(10)19(24)21-11(2)6-13-7-14(20)4-5-15(13)12(21)3/h4-5,7,9,11-12H,6,8H2,1-3H3,(H,22,23). The van der Waals surface area contributed by atoms with Crippen LogP contribution in [0, 0.1) is 12.7 Å². The molecule has 1 aromatic heterocycles. The van der Waals surface area contributed by atoms with Gasteiger partial charge in [-0.2, -0.15) is 0 Å². The van der Waals surface area contributed by atoms with E-state index in [4.69, 9.17) is 9.52 Å². The average molecular weight is 345 g/mol. The number of aliphatic carboxylic acids is 1. The van der Waals surface area contributed by atoms with E-state index in [0.717, 1.165) is 11.1 Å². The van der Waals surface area contributed by atoms with Gasteiger partial charge in [-0.25, -0.2) is 4.39 Å². The molecule has 1 aliphatic heterocycles. The van der Waals surface area contributed by atoms with E-state index in [2.05, 4.69) is 0 Å². The Hall–Kier alpha value is -2.63. The van der Waals surface area contributed by atoms with Crippen molar-refractivity contribution in [2.24, 2.45) is 0 Å². The van der Waals surface area contributed by atoms with Crippen molar-refractivity contribution < 1.29 is 23.5 Å². The van der Waals surface area contributed by atoms with Crippen LogP contribution in [0.2, 0.25) is 0 Å². The maximum Gasteiger partial charge on any atom is 0.311 e. The Morgan fingerprint density at radius 1 is 1.36 bits per heavy atom. The Kier molecular flexibility index (Phi) is 4.37. The van der Waals surface area contributed by atoms with Gasteiger partial charge < -0.3 is 14.4 Å². The van der Waals surface area contributed by atoms with Gasteiger partial charge in [0, 0.05) is 11.6 Å². The summed E-state index contributed by atoms with van der Waals surface area (Å²) in [4.78, 5) is 25.9. The van der Waals surface area contributed by atoms with Crippen molar-refractivity contribution in [2.45, 2.75) is 45.7 Å². The van der Waals surface area contributed by atoms with E-state index < -0.39 is 5.97 Å². The molecule has 2 unspecified atom stereocenters. The van der Waals surface area contributed by atoms with Gasteiger partial charge in [-0.1, -0.05) is 6.07 Å². The van der Waals surface area contributed by atoms with Crippen molar-refractivity contribution >= 4 is 11.9 Å².